The molecule has 0 spiro atoms. The van der Waals surface area contributed by atoms with Crippen molar-refractivity contribution in [3.63, 3.8) is 0 Å². The van der Waals surface area contributed by atoms with Crippen LogP contribution in [-0.2, 0) is 26.0 Å². The van der Waals surface area contributed by atoms with E-state index in [2.05, 4.69) is 15.5 Å². The van der Waals surface area contributed by atoms with Crippen LogP contribution in [0.1, 0.15) is 36.0 Å². The van der Waals surface area contributed by atoms with Gasteiger partial charge in [-0.25, -0.2) is 13.6 Å². The number of nitrogens with one attached hydrogen (secondary N) is 2. The van der Waals surface area contributed by atoms with Gasteiger partial charge in [0, 0.05) is 31.2 Å². The lowest BCUT2D eigenvalue weighted by molar-refractivity contribution is -0.122. The van der Waals surface area contributed by atoms with Crippen LogP contribution in [0.25, 0.3) is 0 Å². The second kappa shape index (κ2) is 10.9. The summed E-state index contributed by atoms with van der Waals surface area (Å²) in [5, 5.41) is 11.0. The van der Waals surface area contributed by atoms with E-state index in [4.69, 9.17) is 5.14 Å². The number of benzene rings is 2. The average Bonchev–Trinajstić information content (AvgIpc) is 3.59. The van der Waals surface area contributed by atoms with E-state index in [-0.39, 0.29) is 23.3 Å². The average molecular weight is 473 g/mol. The molecule has 0 aliphatic heterocycles. The maximum atomic E-state index is 12.6. The number of carbonyl (C=O) groups excluding carboxylic acids is 2. The first-order valence-electron chi connectivity index (χ1n) is 11.1. The van der Waals surface area contributed by atoms with Gasteiger partial charge in [0.25, 0.3) is 0 Å². The molecule has 0 saturated heterocycles. The number of amides is 2. The van der Waals surface area contributed by atoms with Crippen LogP contribution in [0.15, 0.2) is 47.4 Å². The molecule has 4 N–H and O–H groups in total. The molecule has 0 bridgehead atoms. The summed E-state index contributed by atoms with van der Waals surface area (Å²) in [6.07, 6.45) is 3.00. The molecule has 0 atom stereocenters. The van der Waals surface area contributed by atoms with Crippen molar-refractivity contribution in [3.05, 3.63) is 59.2 Å². The highest BCUT2D eigenvalue weighted by Gasteiger charge is 2.30. The van der Waals surface area contributed by atoms with Crippen LogP contribution in [0.2, 0.25) is 0 Å². The van der Waals surface area contributed by atoms with E-state index in [1.807, 2.05) is 32.0 Å². The number of nitrogens with zero attached hydrogens (tertiary/aromatic N) is 1. The molecule has 0 aromatic heterocycles. The molecule has 1 aliphatic rings. The summed E-state index contributed by atoms with van der Waals surface area (Å²) >= 11 is 0. The predicted molar refractivity (Wildman–Crippen MR) is 128 cm³/mol. The minimum absolute atomic E-state index is 0.0667. The Labute approximate surface area is 195 Å². The number of carbonyl (C=O) groups is 2. The molecular weight excluding hydrogens is 440 g/mol. The van der Waals surface area contributed by atoms with Crippen LogP contribution in [0, 0.1) is 13.8 Å². The van der Waals surface area contributed by atoms with E-state index in [0.29, 0.717) is 32.0 Å². The van der Waals surface area contributed by atoms with Gasteiger partial charge in [-0.15, -0.1) is 0 Å². The highest BCUT2D eigenvalue weighted by molar-refractivity contribution is 7.89. The van der Waals surface area contributed by atoms with Gasteiger partial charge in [0.2, 0.25) is 21.8 Å². The monoisotopic (exact) mass is 472 g/mol. The quantitative estimate of drug-likeness (QED) is 0.462. The Hall–Kier alpha value is -2.75. The van der Waals surface area contributed by atoms with E-state index in [1.165, 1.54) is 12.1 Å². The van der Waals surface area contributed by atoms with Crippen LogP contribution in [0.4, 0.5) is 5.69 Å². The molecule has 9 heteroatoms. The molecule has 1 saturated carbocycles. The van der Waals surface area contributed by atoms with E-state index in [9.17, 15) is 18.0 Å². The number of nitrogens with two attached hydrogens (primary N) is 1. The molecule has 0 unspecified atom stereocenters. The van der Waals surface area contributed by atoms with E-state index >= 15 is 0 Å². The second-order valence-electron chi connectivity index (χ2n) is 8.61. The highest BCUT2D eigenvalue weighted by atomic mass is 32.2. The third kappa shape index (κ3) is 7.96. The molecule has 0 radical (unpaired) electrons. The molecular formula is C24H32N4O4S. The molecule has 2 aromatic rings. The van der Waals surface area contributed by atoms with Crippen molar-refractivity contribution in [2.45, 2.75) is 50.5 Å². The standard InChI is InChI=1S/C24H32N4O4S/c1-17-3-4-18(2)22(15-17)27-24(30)16-28(20-7-8-20)14-12-23(29)26-13-11-19-5-9-21(10-6-19)33(25,31)32/h3-6,9-10,15,20H,7-8,11-14,16H2,1-2H3,(H,26,29)(H,27,30)(H2,25,31,32). The van der Waals surface area contributed by atoms with Crippen molar-refractivity contribution in [1.82, 2.24) is 10.2 Å². The van der Waals surface area contributed by atoms with Gasteiger partial charge in [-0.05, 0) is 68.0 Å². The Morgan fingerprint density at radius 3 is 2.39 bits per heavy atom. The van der Waals surface area contributed by atoms with Crippen LogP contribution in [-0.4, -0.2) is 50.8 Å². The SMILES string of the molecule is Cc1ccc(C)c(NC(=O)CN(CCC(=O)NCCc2ccc(S(N)(=O)=O)cc2)C2CC2)c1. The topological polar surface area (TPSA) is 122 Å². The van der Waals surface area contributed by atoms with Crippen LogP contribution in [0.3, 0.4) is 0 Å². The van der Waals surface area contributed by atoms with Gasteiger partial charge < -0.3 is 10.6 Å². The molecule has 1 aliphatic carbocycles. The van der Waals surface area contributed by atoms with Crippen molar-refractivity contribution in [1.29, 1.82) is 0 Å². The summed E-state index contributed by atoms with van der Waals surface area (Å²) in [5.74, 6) is -0.143. The zero-order valence-electron chi connectivity index (χ0n) is 19.1. The van der Waals surface area contributed by atoms with E-state index in [1.54, 1.807) is 12.1 Å². The lowest BCUT2D eigenvalue weighted by Gasteiger charge is -2.21. The summed E-state index contributed by atoms with van der Waals surface area (Å²) in [6, 6.07) is 12.6. The number of hydrogen-bond donors (Lipinski definition) is 3. The zero-order valence-corrected chi connectivity index (χ0v) is 20.0. The van der Waals surface area contributed by atoms with Gasteiger partial charge in [0.1, 0.15) is 0 Å². The second-order valence-corrected chi connectivity index (χ2v) is 10.2. The Balaban J connectivity index is 1.42. The number of primary sulfonamides is 1. The molecule has 8 nitrogen and oxygen atoms in total. The first-order chi connectivity index (χ1) is 15.6. The Kier molecular flexibility index (Phi) is 8.23. The fourth-order valence-corrected chi connectivity index (χ4v) is 4.12. The van der Waals surface area contributed by atoms with Crippen LogP contribution < -0.4 is 15.8 Å². The van der Waals surface area contributed by atoms with Gasteiger partial charge in [-0.1, -0.05) is 24.3 Å². The molecule has 3 rings (SSSR count). The third-order valence-corrected chi connectivity index (χ3v) is 6.62. The van der Waals surface area contributed by atoms with Gasteiger partial charge in [0.05, 0.1) is 11.4 Å². The van der Waals surface area contributed by atoms with Crippen molar-refractivity contribution < 1.29 is 18.0 Å². The largest absolute Gasteiger partial charge is 0.356 e. The van der Waals surface area contributed by atoms with Gasteiger partial charge >= 0.3 is 0 Å². The number of hydrogen-bond acceptors (Lipinski definition) is 5. The molecule has 178 valence electrons. The maximum Gasteiger partial charge on any atom is 0.238 e. The highest BCUT2D eigenvalue weighted by Crippen LogP contribution is 2.27. The van der Waals surface area contributed by atoms with Gasteiger partial charge in [-0.2, -0.15) is 0 Å². The Morgan fingerprint density at radius 1 is 1.06 bits per heavy atom. The van der Waals surface area contributed by atoms with Crippen LogP contribution >= 0.6 is 0 Å². The first kappa shape index (κ1) is 24.9. The van der Waals surface area contributed by atoms with E-state index < -0.39 is 10.0 Å². The van der Waals surface area contributed by atoms with Crippen molar-refractivity contribution >= 4 is 27.5 Å². The van der Waals surface area contributed by atoms with Crippen molar-refractivity contribution in [2.75, 3.05) is 25.0 Å². The van der Waals surface area contributed by atoms with Gasteiger partial charge in [0.15, 0.2) is 0 Å². The maximum absolute atomic E-state index is 12.6. The summed E-state index contributed by atoms with van der Waals surface area (Å²) in [5.41, 5.74) is 3.84. The fourth-order valence-electron chi connectivity index (χ4n) is 3.60. The molecule has 2 aromatic carbocycles. The van der Waals surface area contributed by atoms with E-state index in [0.717, 1.165) is 35.2 Å². The molecule has 0 heterocycles. The molecule has 33 heavy (non-hydrogen) atoms. The number of aryl methyl sites for hydroxylation is 2. The van der Waals surface area contributed by atoms with Gasteiger partial charge in [-0.3, -0.25) is 14.5 Å². The summed E-state index contributed by atoms with van der Waals surface area (Å²) in [4.78, 5) is 27.0. The lowest BCUT2D eigenvalue weighted by atomic mass is 10.1. The Morgan fingerprint density at radius 2 is 1.76 bits per heavy atom. The number of anilines is 1. The predicted octanol–water partition coefficient (Wildman–Crippen LogP) is 2.10. The minimum Gasteiger partial charge on any atom is -0.356 e. The van der Waals surface area contributed by atoms with Crippen molar-refractivity contribution in [3.8, 4) is 0 Å². The third-order valence-electron chi connectivity index (χ3n) is 5.69. The summed E-state index contributed by atoms with van der Waals surface area (Å²) < 4.78 is 22.6. The first-order valence-corrected chi connectivity index (χ1v) is 12.7. The normalized spacial score (nSPS) is 13.7. The summed E-state index contributed by atoms with van der Waals surface area (Å²) in [6.45, 7) is 5.20. The summed E-state index contributed by atoms with van der Waals surface area (Å²) in [7, 11) is -3.70. The molecule has 2 amide bonds. The van der Waals surface area contributed by atoms with Crippen LogP contribution in [0.5, 0.6) is 0 Å². The zero-order chi connectivity index (χ0) is 24.0. The fraction of sp³-hybridized carbons (Fsp3) is 0.417. The smallest absolute Gasteiger partial charge is 0.238 e. The minimum atomic E-state index is -3.70. The van der Waals surface area contributed by atoms with Crippen molar-refractivity contribution in [2.24, 2.45) is 5.14 Å². The number of rotatable bonds is 11. The molecule has 1 fully saturated rings. The number of sulfonamides is 1. The Bertz CT molecular complexity index is 1100. The lowest BCUT2D eigenvalue weighted by Crippen LogP contribution is -2.38.